The van der Waals surface area contributed by atoms with E-state index >= 15 is 0 Å². The Bertz CT molecular complexity index is 449. The molecule has 104 valence electrons. The molecule has 0 saturated carbocycles. The predicted octanol–water partition coefficient (Wildman–Crippen LogP) is 0.832. The third kappa shape index (κ3) is 5.96. The highest BCUT2D eigenvalue weighted by atomic mass is 19.1. The molecule has 0 fully saturated rings. The third-order valence-corrected chi connectivity index (χ3v) is 2.41. The number of halogens is 1. The van der Waals surface area contributed by atoms with E-state index in [0.717, 1.165) is 0 Å². The SMILES string of the molecule is CN(C)C(=O)CCNCC(=O)Nc1cccc(F)c1. The van der Waals surface area contributed by atoms with Crippen molar-refractivity contribution in [1.82, 2.24) is 10.2 Å². The Labute approximate surface area is 111 Å². The summed E-state index contributed by atoms with van der Waals surface area (Å²) in [6, 6.07) is 5.68. The first-order valence-electron chi connectivity index (χ1n) is 5.95. The van der Waals surface area contributed by atoms with Crippen LogP contribution < -0.4 is 10.6 Å². The molecule has 5 nitrogen and oxygen atoms in total. The second-order valence-electron chi connectivity index (χ2n) is 4.27. The molecular weight excluding hydrogens is 249 g/mol. The highest BCUT2D eigenvalue weighted by Crippen LogP contribution is 2.08. The maximum Gasteiger partial charge on any atom is 0.238 e. The Morgan fingerprint density at radius 2 is 2.05 bits per heavy atom. The van der Waals surface area contributed by atoms with Crippen LogP contribution in [-0.4, -0.2) is 43.9 Å². The van der Waals surface area contributed by atoms with Crippen LogP contribution in [0.4, 0.5) is 10.1 Å². The number of carbonyl (C=O) groups excluding carboxylic acids is 2. The van der Waals surface area contributed by atoms with Crippen LogP contribution >= 0.6 is 0 Å². The van der Waals surface area contributed by atoms with Gasteiger partial charge in [0.1, 0.15) is 5.82 Å². The molecule has 0 aliphatic heterocycles. The number of benzene rings is 1. The molecule has 0 aliphatic rings. The van der Waals surface area contributed by atoms with Gasteiger partial charge in [-0.15, -0.1) is 0 Å². The summed E-state index contributed by atoms with van der Waals surface area (Å²) in [7, 11) is 3.36. The van der Waals surface area contributed by atoms with E-state index < -0.39 is 5.82 Å². The summed E-state index contributed by atoms with van der Waals surface area (Å²) in [6.45, 7) is 0.505. The van der Waals surface area contributed by atoms with Gasteiger partial charge in [-0.05, 0) is 18.2 Å². The van der Waals surface area contributed by atoms with Crippen molar-refractivity contribution in [2.45, 2.75) is 6.42 Å². The van der Waals surface area contributed by atoms with E-state index in [1.165, 1.54) is 23.1 Å². The van der Waals surface area contributed by atoms with Crippen molar-refractivity contribution in [3.05, 3.63) is 30.1 Å². The molecule has 19 heavy (non-hydrogen) atoms. The van der Waals surface area contributed by atoms with Gasteiger partial charge in [-0.3, -0.25) is 9.59 Å². The molecule has 0 bridgehead atoms. The standard InChI is InChI=1S/C13H18FN3O2/c1-17(2)13(19)6-7-15-9-12(18)16-11-5-3-4-10(14)8-11/h3-5,8,15H,6-7,9H2,1-2H3,(H,16,18). The maximum atomic E-state index is 12.9. The first-order valence-corrected chi connectivity index (χ1v) is 5.95. The van der Waals surface area contributed by atoms with Crippen molar-refractivity contribution in [1.29, 1.82) is 0 Å². The molecule has 0 saturated heterocycles. The van der Waals surface area contributed by atoms with E-state index in [4.69, 9.17) is 0 Å². The molecule has 0 heterocycles. The zero-order chi connectivity index (χ0) is 14.3. The lowest BCUT2D eigenvalue weighted by atomic mass is 10.3. The minimum absolute atomic E-state index is 0.00182. The number of nitrogens with zero attached hydrogens (tertiary/aromatic N) is 1. The Hall–Kier alpha value is -1.95. The molecule has 0 radical (unpaired) electrons. The van der Waals surface area contributed by atoms with Gasteiger partial charge in [0, 0.05) is 32.7 Å². The van der Waals surface area contributed by atoms with Gasteiger partial charge in [0.25, 0.3) is 0 Å². The van der Waals surface area contributed by atoms with Crippen LogP contribution in [0.25, 0.3) is 0 Å². The number of rotatable bonds is 6. The van der Waals surface area contributed by atoms with E-state index in [1.807, 2.05) is 0 Å². The molecule has 1 rings (SSSR count). The normalized spacial score (nSPS) is 10.1. The number of carbonyl (C=O) groups is 2. The van der Waals surface area contributed by atoms with Crippen molar-refractivity contribution in [3.63, 3.8) is 0 Å². The monoisotopic (exact) mass is 267 g/mol. The zero-order valence-corrected chi connectivity index (χ0v) is 11.1. The zero-order valence-electron chi connectivity index (χ0n) is 11.1. The maximum absolute atomic E-state index is 12.9. The first kappa shape index (κ1) is 15.1. The minimum atomic E-state index is -0.401. The average Bonchev–Trinajstić information content (AvgIpc) is 2.34. The molecular formula is C13H18FN3O2. The number of hydrogen-bond acceptors (Lipinski definition) is 3. The Morgan fingerprint density at radius 1 is 1.32 bits per heavy atom. The van der Waals surface area contributed by atoms with Gasteiger partial charge in [0.15, 0.2) is 0 Å². The van der Waals surface area contributed by atoms with E-state index in [-0.39, 0.29) is 18.4 Å². The summed E-state index contributed by atoms with van der Waals surface area (Å²) in [6.07, 6.45) is 0.334. The summed E-state index contributed by atoms with van der Waals surface area (Å²) in [5.41, 5.74) is 0.413. The fourth-order valence-corrected chi connectivity index (χ4v) is 1.39. The second kappa shape index (κ2) is 7.48. The molecule has 2 amide bonds. The van der Waals surface area contributed by atoms with Gasteiger partial charge in [-0.2, -0.15) is 0 Å². The molecule has 6 heteroatoms. The largest absolute Gasteiger partial charge is 0.349 e. The molecule has 1 aromatic carbocycles. The minimum Gasteiger partial charge on any atom is -0.349 e. The van der Waals surface area contributed by atoms with Gasteiger partial charge in [-0.1, -0.05) is 6.07 Å². The number of amides is 2. The Kier molecular flexibility index (Phi) is 5.95. The van der Waals surface area contributed by atoms with Gasteiger partial charge in [0.05, 0.1) is 6.54 Å². The highest BCUT2D eigenvalue weighted by Gasteiger charge is 2.05. The third-order valence-electron chi connectivity index (χ3n) is 2.41. The molecule has 0 spiro atoms. The van der Waals surface area contributed by atoms with Crippen LogP contribution in [0.5, 0.6) is 0 Å². The molecule has 2 N–H and O–H groups in total. The van der Waals surface area contributed by atoms with Crippen molar-refractivity contribution >= 4 is 17.5 Å². The van der Waals surface area contributed by atoms with Crippen molar-refractivity contribution in [3.8, 4) is 0 Å². The number of hydrogen-bond donors (Lipinski definition) is 2. The van der Waals surface area contributed by atoms with Crippen LogP contribution in [0.2, 0.25) is 0 Å². The smallest absolute Gasteiger partial charge is 0.238 e. The van der Waals surface area contributed by atoms with Crippen LogP contribution in [0, 0.1) is 5.82 Å². The summed E-state index contributed by atoms with van der Waals surface area (Å²) in [5, 5.41) is 5.41. The second-order valence-corrected chi connectivity index (χ2v) is 4.27. The van der Waals surface area contributed by atoms with Gasteiger partial charge < -0.3 is 15.5 Å². The van der Waals surface area contributed by atoms with E-state index in [0.29, 0.717) is 18.7 Å². The summed E-state index contributed by atoms with van der Waals surface area (Å²) < 4.78 is 12.9. The topological polar surface area (TPSA) is 61.4 Å². The van der Waals surface area contributed by atoms with Crippen LogP contribution in [0.3, 0.4) is 0 Å². The molecule has 0 unspecified atom stereocenters. The lowest BCUT2D eigenvalue weighted by Gasteiger charge is -2.10. The highest BCUT2D eigenvalue weighted by molar-refractivity contribution is 5.92. The van der Waals surface area contributed by atoms with Gasteiger partial charge in [-0.25, -0.2) is 4.39 Å². The van der Waals surface area contributed by atoms with Crippen molar-refractivity contribution in [2.24, 2.45) is 0 Å². The molecule has 0 atom stereocenters. The lowest BCUT2D eigenvalue weighted by molar-refractivity contribution is -0.128. The molecule has 1 aromatic rings. The fraction of sp³-hybridized carbons (Fsp3) is 0.385. The summed E-state index contributed by atoms with van der Waals surface area (Å²) in [4.78, 5) is 24.3. The van der Waals surface area contributed by atoms with E-state index in [9.17, 15) is 14.0 Å². The average molecular weight is 267 g/mol. The lowest BCUT2D eigenvalue weighted by Crippen LogP contribution is -2.32. The van der Waals surface area contributed by atoms with Crippen LogP contribution in [0.1, 0.15) is 6.42 Å². The fourth-order valence-electron chi connectivity index (χ4n) is 1.39. The van der Waals surface area contributed by atoms with Gasteiger partial charge in [0.2, 0.25) is 11.8 Å². The van der Waals surface area contributed by atoms with E-state index in [1.54, 1.807) is 20.2 Å². The van der Waals surface area contributed by atoms with E-state index in [2.05, 4.69) is 10.6 Å². The Balaban J connectivity index is 2.23. The van der Waals surface area contributed by atoms with Gasteiger partial charge >= 0.3 is 0 Å². The molecule has 0 aromatic heterocycles. The van der Waals surface area contributed by atoms with Crippen molar-refractivity contribution in [2.75, 3.05) is 32.5 Å². The quantitative estimate of drug-likeness (QED) is 0.751. The predicted molar refractivity (Wildman–Crippen MR) is 71.2 cm³/mol. The van der Waals surface area contributed by atoms with Crippen LogP contribution in [0.15, 0.2) is 24.3 Å². The Morgan fingerprint density at radius 3 is 2.68 bits per heavy atom. The summed E-state index contributed by atoms with van der Waals surface area (Å²) >= 11 is 0. The first-order chi connectivity index (χ1) is 8.99. The summed E-state index contributed by atoms with van der Waals surface area (Å²) in [5.74, 6) is -0.678. The van der Waals surface area contributed by atoms with Crippen molar-refractivity contribution < 1.29 is 14.0 Å². The van der Waals surface area contributed by atoms with Crippen LogP contribution in [-0.2, 0) is 9.59 Å². The number of anilines is 1. The number of nitrogens with one attached hydrogen (secondary N) is 2. The molecule has 0 aliphatic carbocycles.